The minimum absolute atomic E-state index is 0.114. The van der Waals surface area contributed by atoms with Crippen LogP contribution in [0.2, 0.25) is 0 Å². The molecule has 0 N–H and O–H groups in total. The zero-order valence-electron chi connectivity index (χ0n) is 12.0. The van der Waals surface area contributed by atoms with E-state index in [9.17, 15) is 0 Å². The van der Waals surface area contributed by atoms with Gasteiger partial charge in [0.05, 0.1) is 0 Å². The van der Waals surface area contributed by atoms with Crippen molar-refractivity contribution in [2.45, 2.75) is 78.3 Å². The lowest BCUT2D eigenvalue weighted by Crippen LogP contribution is -2.16. The molecule has 0 radical (unpaired) electrons. The smallest absolute Gasteiger partial charge is 0.0343 e. The Morgan fingerprint density at radius 3 is 2.06 bits per heavy atom. The summed E-state index contributed by atoms with van der Waals surface area (Å²) in [5.41, 5.74) is 0.853. The summed E-state index contributed by atoms with van der Waals surface area (Å²) in [6.07, 6.45) is 4.18. The van der Waals surface area contributed by atoms with E-state index in [-0.39, 0.29) is 7.53 Å². The van der Waals surface area contributed by atoms with Crippen LogP contribution in [0.4, 0.5) is 0 Å². The molecule has 94 valence electrons. The molecule has 0 saturated heterocycles. The van der Waals surface area contributed by atoms with Crippen molar-refractivity contribution in [1.29, 1.82) is 0 Å². The van der Waals surface area contributed by atoms with E-state index in [1.807, 2.05) is 10.1 Å². The van der Waals surface area contributed by atoms with Gasteiger partial charge in [-0.25, -0.2) is 7.53 Å². The highest BCUT2D eigenvalue weighted by Crippen LogP contribution is 2.62. The molecular weight excluding hydrogens is 230 g/mol. The molecule has 0 aliphatic heterocycles. The molecule has 1 rings (SSSR count). The summed E-state index contributed by atoms with van der Waals surface area (Å²) < 4.78 is 0. The van der Waals surface area contributed by atoms with E-state index in [1.165, 1.54) is 19.0 Å². The average molecular weight is 257 g/mol. The summed E-state index contributed by atoms with van der Waals surface area (Å²) in [6, 6.07) is 0. The molecule has 0 nitrogen and oxygen atoms in total. The van der Waals surface area contributed by atoms with Crippen LogP contribution in [0.15, 0.2) is 0 Å². The van der Waals surface area contributed by atoms with Gasteiger partial charge in [0, 0.05) is 0 Å². The fourth-order valence-electron chi connectivity index (χ4n) is 1.95. The van der Waals surface area contributed by atoms with Gasteiger partial charge >= 0.3 is 0 Å². The van der Waals surface area contributed by atoms with Gasteiger partial charge in [0.2, 0.25) is 0 Å². The maximum Gasteiger partial charge on any atom is -0.0343 e. The summed E-state index contributed by atoms with van der Waals surface area (Å²) >= 11 is 0. The molecule has 0 bridgehead atoms. The Kier molecular flexibility index (Phi) is 4.42. The quantitative estimate of drug-likeness (QED) is 0.552. The predicted molar refractivity (Wildman–Crippen MR) is 79.6 cm³/mol. The third-order valence-corrected chi connectivity index (χ3v) is 9.74. The second kappa shape index (κ2) is 4.91. The van der Waals surface area contributed by atoms with Gasteiger partial charge in [-0.2, -0.15) is 8.19 Å². The number of hydrogen-bond donors (Lipinski definition) is 0. The first kappa shape index (κ1) is 14.4. The van der Waals surface area contributed by atoms with E-state index in [0.29, 0.717) is 10.8 Å². The molecule has 1 heterocycles. The molecule has 2 heteroatoms. The lowest BCUT2D eigenvalue weighted by Gasteiger charge is -2.42. The number of unbranched alkanes of at least 4 members (excludes halogenated alkanes) is 1. The lowest BCUT2D eigenvalue weighted by molar-refractivity contribution is 0.598. The van der Waals surface area contributed by atoms with Crippen molar-refractivity contribution in [3.05, 3.63) is 10.1 Å². The van der Waals surface area contributed by atoms with E-state index in [0.717, 1.165) is 0 Å². The molecule has 0 aliphatic rings. The highest BCUT2D eigenvalue weighted by Gasteiger charge is 2.23. The Morgan fingerprint density at radius 2 is 1.69 bits per heavy atom. The molecule has 0 aromatic carbocycles. The standard InChI is InChI=1S/C14H27P2/c1-8-9-10-16-11(13(2,3)4)15-12(16)14(5,6)7/h8-10H2,1-7H3/q-1. The highest BCUT2D eigenvalue weighted by molar-refractivity contribution is 7.71. The molecule has 0 unspecified atom stereocenters. The number of rotatable bonds is 3. The molecule has 1 aromatic rings. The van der Waals surface area contributed by atoms with Gasteiger partial charge in [0.25, 0.3) is 0 Å². The number of hydrogen-bond acceptors (Lipinski definition) is 0. The maximum absolute atomic E-state index is 2.38. The molecule has 0 saturated carbocycles. The van der Waals surface area contributed by atoms with E-state index < -0.39 is 0 Å². The van der Waals surface area contributed by atoms with Crippen LogP contribution in [-0.4, -0.2) is 0 Å². The van der Waals surface area contributed by atoms with Crippen molar-refractivity contribution in [2.24, 2.45) is 0 Å². The van der Waals surface area contributed by atoms with Gasteiger partial charge in [-0.15, -0.1) is 10.1 Å². The zero-order valence-corrected chi connectivity index (χ0v) is 13.8. The van der Waals surface area contributed by atoms with Crippen LogP contribution in [0.25, 0.3) is 0 Å². The molecular formula is C14H27P2-. The molecule has 0 amide bonds. The van der Waals surface area contributed by atoms with E-state index in [4.69, 9.17) is 0 Å². The summed E-state index contributed by atoms with van der Waals surface area (Å²) in [4.78, 5) is 0. The van der Waals surface area contributed by atoms with Gasteiger partial charge in [-0.3, -0.25) is 0 Å². The molecule has 0 fully saturated rings. The second-order valence-corrected chi connectivity index (χ2v) is 10.8. The van der Waals surface area contributed by atoms with Crippen molar-refractivity contribution in [2.75, 3.05) is 0 Å². The normalized spacial score (nSPS) is 15.1. The van der Waals surface area contributed by atoms with Crippen LogP contribution < -0.4 is 0 Å². The monoisotopic (exact) mass is 257 g/mol. The summed E-state index contributed by atoms with van der Waals surface area (Å²) in [7, 11) is 1.70. The molecule has 0 atom stereocenters. The van der Waals surface area contributed by atoms with E-state index in [2.05, 4.69) is 48.5 Å². The average Bonchev–Trinajstić information content (AvgIpc) is 1.96. The lowest BCUT2D eigenvalue weighted by atomic mass is 10.00. The van der Waals surface area contributed by atoms with Crippen molar-refractivity contribution in [3.8, 4) is 0 Å². The molecule has 0 spiro atoms. The zero-order chi connectivity index (χ0) is 12.6. The summed E-state index contributed by atoms with van der Waals surface area (Å²) in [5.74, 6) is 0. The fourth-order valence-corrected chi connectivity index (χ4v) is 7.77. The van der Waals surface area contributed by atoms with Gasteiger partial charge in [-0.1, -0.05) is 65.7 Å². The third-order valence-electron chi connectivity index (χ3n) is 2.80. The van der Waals surface area contributed by atoms with Crippen LogP contribution in [0.5, 0.6) is 0 Å². The Labute approximate surface area is 104 Å². The van der Waals surface area contributed by atoms with Crippen LogP contribution in [0.3, 0.4) is 0 Å². The van der Waals surface area contributed by atoms with Gasteiger partial charge < -0.3 is 0 Å². The first-order valence-electron chi connectivity index (χ1n) is 6.42. The van der Waals surface area contributed by atoms with Crippen molar-refractivity contribution in [1.82, 2.24) is 0 Å². The van der Waals surface area contributed by atoms with Crippen molar-refractivity contribution >= 4 is 15.7 Å². The van der Waals surface area contributed by atoms with Crippen LogP contribution in [-0.2, 0) is 17.0 Å². The SMILES string of the molecule is CCCCp1c(C(C)(C)C)p[c-]1C(C)(C)C. The van der Waals surface area contributed by atoms with Crippen LogP contribution >= 0.6 is 15.7 Å². The van der Waals surface area contributed by atoms with Gasteiger partial charge in [-0.05, 0) is 12.6 Å². The highest BCUT2D eigenvalue weighted by atomic mass is 31.1. The topological polar surface area (TPSA) is 0 Å². The molecule has 16 heavy (non-hydrogen) atoms. The van der Waals surface area contributed by atoms with Gasteiger partial charge in [0.1, 0.15) is 0 Å². The predicted octanol–water partition coefficient (Wildman–Crippen LogP) is 6.37. The summed E-state index contributed by atoms with van der Waals surface area (Å²) in [6.45, 7) is 16.6. The first-order valence-corrected chi connectivity index (χ1v) is 8.84. The van der Waals surface area contributed by atoms with E-state index >= 15 is 0 Å². The van der Waals surface area contributed by atoms with Crippen LogP contribution in [0, 0.1) is 0 Å². The Morgan fingerprint density at radius 1 is 1.12 bits per heavy atom. The Hall–Kier alpha value is 0.340. The molecule has 1 aromatic heterocycles. The van der Waals surface area contributed by atoms with E-state index in [1.54, 1.807) is 8.19 Å². The van der Waals surface area contributed by atoms with Crippen LogP contribution in [0.1, 0.15) is 71.4 Å². The third kappa shape index (κ3) is 3.18. The minimum Gasteiger partial charge on any atom is -0.223 e. The largest absolute Gasteiger partial charge is 0.223 e. The fraction of sp³-hybridized carbons (Fsp3) is 0.857. The van der Waals surface area contributed by atoms with Crippen molar-refractivity contribution in [3.63, 3.8) is 0 Å². The Bertz CT molecular complexity index is 301. The maximum atomic E-state index is 2.38. The van der Waals surface area contributed by atoms with Gasteiger partial charge in [0.15, 0.2) is 0 Å². The van der Waals surface area contributed by atoms with Crippen molar-refractivity contribution < 1.29 is 0 Å². The Balaban J connectivity index is 2.98. The second-order valence-electron chi connectivity index (χ2n) is 6.76. The first-order chi connectivity index (χ1) is 7.18. The summed E-state index contributed by atoms with van der Waals surface area (Å²) in [5, 5.41) is 3.67. The molecule has 0 aliphatic carbocycles. The minimum atomic E-state index is 0.114.